The molecule has 4 heteroatoms. The summed E-state index contributed by atoms with van der Waals surface area (Å²) in [5.41, 5.74) is 2.85. The highest BCUT2D eigenvalue weighted by Crippen LogP contribution is 2.14. The Morgan fingerprint density at radius 1 is 1.16 bits per heavy atom. The van der Waals surface area contributed by atoms with Gasteiger partial charge in [0.1, 0.15) is 0 Å². The molecule has 0 saturated heterocycles. The maximum absolute atomic E-state index is 11.0. The van der Waals surface area contributed by atoms with Crippen molar-refractivity contribution in [2.45, 2.75) is 13.3 Å². The first-order valence-electron chi connectivity index (χ1n) is 6.25. The van der Waals surface area contributed by atoms with E-state index in [4.69, 9.17) is 0 Å². The van der Waals surface area contributed by atoms with Gasteiger partial charge in [0.2, 0.25) is 5.91 Å². The fourth-order valence-electron chi connectivity index (χ4n) is 1.79. The van der Waals surface area contributed by atoms with Gasteiger partial charge in [-0.3, -0.25) is 9.78 Å². The Labute approximate surface area is 112 Å². The minimum atomic E-state index is -0.0642. The lowest BCUT2D eigenvalue weighted by Crippen LogP contribution is -2.08. The lowest BCUT2D eigenvalue weighted by Gasteiger charge is -2.08. The normalized spacial score (nSPS) is 9.95. The molecule has 0 unspecified atom stereocenters. The SMILES string of the molecule is CC(=O)Nc1cccc(NCCc2ccccn2)c1. The van der Waals surface area contributed by atoms with Crippen LogP contribution in [-0.4, -0.2) is 17.4 Å². The van der Waals surface area contributed by atoms with Crippen molar-refractivity contribution in [2.24, 2.45) is 0 Å². The number of aromatic nitrogens is 1. The second kappa shape index (κ2) is 6.54. The first-order chi connectivity index (χ1) is 9.24. The molecule has 2 rings (SSSR count). The summed E-state index contributed by atoms with van der Waals surface area (Å²) in [5, 5.41) is 6.08. The average Bonchev–Trinajstić information content (AvgIpc) is 2.40. The second-order valence-electron chi connectivity index (χ2n) is 4.26. The monoisotopic (exact) mass is 255 g/mol. The van der Waals surface area contributed by atoms with Crippen molar-refractivity contribution < 1.29 is 4.79 Å². The van der Waals surface area contributed by atoms with Crippen molar-refractivity contribution in [2.75, 3.05) is 17.2 Å². The molecule has 0 fully saturated rings. The summed E-state index contributed by atoms with van der Waals surface area (Å²) < 4.78 is 0. The molecule has 4 nitrogen and oxygen atoms in total. The molecule has 0 atom stereocenters. The molecule has 1 amide bonds. The molecule has 0 radical (unpaired) electrons. The van der Waals surface area contributed by atoms with Gasteiger partial charge in [-0.2, -0.15) is 0 Å². The predicted molar refractivity (Wildman–Crippen MR) is 77.2 cm³/mol. The van der Waals surface area contributed by atoms with Crippen molar-refractivity contribution >= 4 is 17.3 Å². The fraction of sp³-hybridized carbons (Fsp3) is 0.200. The van der Waals surface area contributed by atoms with E-state index in [-0.39, 0.29) is 5.91 Å². The van der Waals surface area contributed by atoms with E-state index in [0.717, 1.165) is 30.0 Å². The van der Waals surface area contributed by atoms with Crippen LogP contribution in [-0.2, 0) is 11.2 Å². The number of nitrogens with one attached hydrogen (secondary N) is 2. The Balaban J connectivity index is 1.87. The zero-order chi connectivity index (χ0) is 13.5. The van der Waals surface area contributed by atoms with Crippen LogP contribution in [0.15, 0.2) is 48.7 Å². The molecular formula is C15H17N3O. The smallest absolute Gasteiger partial charge is 0.221 e. The van der Waals surface area contributed by atoms with Crippen LogP contribution in [0.4, 0.5) is 11.4 Å². The number of nitrogens with zero attached hydrogens (tertiary/aromatic N) is 1. The summed E-state index contributed by atoms with van der Waals surface area (Å²) in [4.78, 5) is 15.3. The van der Waals surface area contributed by atoms with E-state index in [1.165, 1.54) is 6.92 Å². The zero-order valence-electron chi connectivity index (χ0n) is 10.9. The fourth-order valence-corrected chi connectivity index (χ4v) is 1.79. The van der Waals surface area contributed by atoms with Gasteiger partial charge in [-0.1, -0.05) is 12.1 Å². The predicted octanol–water partition coefficient (Wildman–Crippen LogP) is 2.69. The molecule has 19 heavy (non-hydrogen) atoms. The highest BCUT2D eigenvalue weighted by atomic mass is 16.1. The number of benzene rings is 1. The van der Waals surface area contributed by atoms with Gasteiger partial charge in [-0.25, -0.2) is 0 Å². The minimum Gasteiger partial charge on any atom is -0.385 e. The molecule has 1 aromatic carbocycles. The molecule has 1 aromatic heterocycles. The summed E-state index contributed by atoms with van der Waals surface area (Å²) in [5.74, 6) is -0.0642. The molecule has 0 aliphatic carbocycles. The van der Waals surface area contributed by atoms with Crippen LogP contribution in [0.25, 0.3) is 0 Å². The molecule has 98 valence electrons. The van der Waals surface area contributed by atoms with Crippen LogP contribution in [0.2, 0.25) is 0 Å². The minimum absolute atomic E-state index is 0.0642. The lowest BCUT2D eigenvalue weighted by atomic mass is 10.2. The third-order valence-corrected chi connectivity index (χ3v) is 2.62. The lowest BCUT2D eigenvalue weighted by molar-refractivity contribution is -0.114. The van der Waals surface area contributed by atoms with Gasteiger partial charge < -0.3 is 10.6 Å². The number of carbonyl (C=O) groups excluding carboxylic acids is 1. The first kappa shape index (κ1) is 13.1. The van der Waals surface area contributed by atoms with Gasteiger partial charge >= 0.3 is 0 Å². The van der Waals surface area contributed by atoms with Crippen molar-refractivity contribution in [1.82, 2.24) is 4.98 Å². The number of anilines is 2. The van der Waals surface area contributed by atoms with Crippen LogP contribution in [0.3, 0.4) is 0 Å². The number of pyridine rings is 1. The number of hydrogen-bond donors (Lipinski definition) is 2. The van der Waals surface area contributed by atoms with Crippen LogP contribution in [0, 0.1) is 0 Å². The van der Waals surface area contributed by atoms with Gasteiger partial charge in [0, 0.05) is 43.2 Å². The Bertz CT molecular complexity index is 540. The largest absolute Gasteiger partial charge is 0.385 e. The molecule has 0 bridgehead atoms. The zero-order valence-corrected chi connectivity index (χ0v) is 10.9. The van der Waals surface area contributed by atoms with Gasteiger partial charge in [-0.15, -0.1) is 0 Å². The first-order valence-corrected chi connectivity index (χ1v) is 6.25. The van der Waals surface area contributed by atoms with Crippen molar-refractivity contribution in [1.29, 1.82) is 0 Å². The standard InChI is InChI=1S/C15H17N3O/c1-12(19)18-15-7-4-6-14(11-15)17-10-8-13-5-2-3-9-16-13/h2-7,9,11,17H,8,10H2,1H3,(H,18,19). The van der Waals surface area contributed by atoms with E-state index < -0.39 is 0 Å². The van der Waals surface area contributed by atoms with Gasteiger partial charge in [0.05, 0.1) is 0 Å². The summed E-state index contributed by atoms with van der Waals surface area (Å²) in [6.07, 6.45) is 2.66. The maximum Gasteiger partial charge on any atom is 0.221 e. The number of hydrogen-bond acceptors (Lipinski definition) is 3. The number of carbonyl (C=O) groups is 1. The highest BCUT2D eigenvalue weighted by Gasteiger charge is 1.98. The Morgan fingerprint density at radius 3 is 2.74 bits per heavy atom. The summed E-state index contributed by atoms with van der Waals surface area (Å²) in [6.45, 7) is 2.31. The van der Waals surface area contributed by atoms with E-state index in [0.29, 0.717) is 0 Å². The van der Waals surface area contributed by atoms with Crippen molar-refractivity contribution in [3.8, 4) is 0 Å². The second-order valence-corrected chi connectivity index (χ2v) is 4.26. The van der Waals surface area contributed by atoms with Crippen LogP contribution < -0.4 is 10.6 Å². The average molecular weight is 255 g/mol. The molecule has 1 heterocycles. The molecule has 2 N–H and O–H groups in total. The van der Waals surface area contributed by atoms with E-state index in [2.05, 4.69) is 15.6 Å². The topological polar surface area (TPSA) is 54.0 Å². The van der Waals surface area contributed by atoms with E-state index in [9.17, 15) is 4.79 Å². The molecule has 2 aromatic rings. The van der Waals surface area contributed by atoms with Crippen molar-refractivity contribution in [3.05, 3.63) is 54.4 Å². The maximum atomic E-state index is 11.0. The Hall–Kier alpha value is -2.36. The summed E-state index contributed by atoms with van der Waals surface area (Å²) in [7, 11) is 0. The molecule has 0 saturated carbocycles. The highest BCUT2D eigenvalue weighted by molar-refractivity contribution is 5.89. The quantitative estimate of drug-likeness (QED) is 0.863. The molecule has 0 spiro atoms. The van der Waals surface area contributed by atoms with Crippen LogP contribution >= 0.6 is 0 Å². The Morgan fingerprint density at radius 2 is 2.00 bits per heavy atom. The van der Waals surface area contributed by atoms with Crippen LogP contribution in [0.1, 0.15) is 12.6 Å². The number of rotatable bonds is 5. The third-order valence-electron chi connectivity index (χ3n) is 2.62. The van der Waals surface area contributed by atoms with Crippen LogP contribution in [0.5, 0.6) is 0 Å². The van der Waals surface area contributed by atoms with E-state index in [1.807, 2.05) is 42.5 Å². The summed E-state index contributed by atoms with van der Waals surface area (Å²) in [6, 6.07) is 13.6. The molecule has 0 aliphatic rings. The third kappa shape index (κ3) is 4.43. The Kier molecular flexibility index (Phi) is 4.50. The van der Waals surface area contributed by atoms with Crippen molar-refractivity contribution in [3.63, 3.8) is 0 Å². The van der Waals surface area contributed by atoms with E-state index in [1.54, 1.807) is 6.20 Å². The van der Waals surface area contributed by atoms with E-state index >= 15 is 0 Å². The van der Waals surface area contributed by atoms with Gasteiger partial charge in [0.25, 0.3) is 0 Å². The number of amides is 1. The molecule has 0 aliphatic heterocycles. The van der Waals surface area contributed by atoms with Gasteiger partial charge in [0.15, 0.2) is 0 Å². The van der Waals surface area contributed by atoms with Gasteiger partial charge in [-0.05, 0) is 30.3 Å². The summed E-state index contributed by atoms with van der Waals surface area (Å²) >= 11 is 0. The molecular weight excluding hydrogens is 238 g/mol.